The molecule has 1 aliphatic carbocycles. The summed E-state index contributed by atoms with van der Waals surface area (Å²) in [7, 11) is 1.46. The van der Waals surface area contributed by atoms with Crippen LogP contribution in [0, 0.1) is 11.8 Å². The highest BCUT2D eigenvalue weighted by molar-refractivity contribution is 5.69. The van der Waals surface area contributed by atoms with Crippen molar-refractivity contribution in [3.05, 3.63) is 0 Å². The number of hydrogen-bond acceptors (Lipinski definition) is 2. The van der Waals surface area contributed by atoms with Gasteiger partial charge >= 0.3 is 5.97 Å². The first-order valence-electron chi connectivity index (χ1n) is 5.33. The summed E-state index contributed by atoms with van der Waals surface area (Å²) in [5, 5.41) is 0. The molecule has 1 rings (SSSR count). The second kappa shape index (κ2) is 5.25. The Bertz CT molecular complexity index is 165. The predicted octanol–water partition coefficient (Wildman–Crippen LogP) is 2.77. The first-order valence-corrected chi connectivity index (χ1v) is 5.33. The van der Waals surface area contributed by atoms with Gasteiger partial charge in [-0.1, -0.05) is 26.2 Å². The maximum Gasteiger partial charge on any atom is 0.305 e. The van der Waals surface area contributed by atoms with Gasteiger partial charge in [0.05, 0.1) is 7.11 Å². The van der Waals surface area contributed by atoms with Crippen molar-refractivity contribution in [2.75, 3.05) is 7.11 Å². The average molecular weight is 184 g/mol. The smallest absolute Gasteiger partial charge is 0.305 e. The van der Waals surface area contributed by atoms with Crippen molar-refractivity contribution in [3.8, 4) is 0 Å². The molecule has 0 heterocycles. The van der Waals surface area contributed by atoms with E-state index in [1.165, 1.54) is 32.8 Å². The highest BCUT2D eigenvalue weighted by Gasteiger charge is 2.23. The molecule has 0 aromatic carbocycles. The standard InChI is InChI=1S/C11H20O2/c1-3-9-4-5-10(8-9)6-7-11(12)13-2/h9-10H,3-8H2,1-2H3. The van der Waals surface area contributed by atoms with Gasteiger partial charge in [-0.25, -0.2) is 0 Å². The lowest BCUT2D eigenvalue weighted by molar-refractivity contribution is -0.140. The summed E-state index contributed by atoms with van der Waals surface area (Å²) in [4.78, 5) is 10.9. The number of rotatable bonds is 4. The third-order valence-electron chi connectivity index (χ3n) is 3.21. The fraction of sp³-hybridized carbons (Fsp3) is 0.909. The van der Waals surface area contributed by atoms with Crippen LogP contribution in [-0.2, 0) is 9.53 Å². The summed E-state index contributed by atoms with van der Waals surface area (Å²) in [6.45, 7) is 2.26. The van der Waals surface area contributed by atoms with E-state index in [-0.39, 0.29) is 5.97 Å². The van der Waals surface area contributed by atoms with Crippen LogP contribution in [0.3, 0.4) is 0 Å². The SMILES string of the molecule is CCC1CCC(CCC(=O)OC)C1. The zero-order valence-electron chi connectivity index (χ0n) is 8.71. The Morgan fingerprint density at radius 3 is 2.62 bits per heavy atom. The Hall–Kier alpha value is -0.530. The summed E-state index contributed by atoms with van der Waals surface area (Å²) in [5.74, 6) is 1.65. The topological polar surface area (TPSA) is 26.3 Å². The van der Waals surface area contributed by atoms with Crippen LogP contribution in [0.1, 0.15) is 45.4 Å². The summed E-state index contributed by atoms with van der Waals surface area (Å²) in [6.07, 6.45) is 6.95. The molecule has 0 N–H and O–H groups in total. The highest BCUT2D eigenvalue weighted by Crippen LogP contribution is 2.35. The summed E-state index contributed by atoms with van der Waals surface area (Å²) >= 11 is 0. The molecule has 2 nitrogen and oxygen atoms in total. The van der Waals surface area contributed by atoms with Crippen molar-refractivity contribution in [2.45, 2.75) is 45.4 Å². The minimum absolute atomic E-state index is 0.0556. The fourth-order valence-corrected chi connectivity index (χ4v) is 2.24. The third kappa shape index (κ3) is 3.37. The lowest BCUT2D eigenvalue weighted by atomic mass is 9.99. The molecule has 0 aliphatic heterocycles. The molecule has 1 saturated carbocycles. The van der Waals surface area contributed by atoms with Crippen LogP contribution in [0.15, 0.2) is 0 Å². The molecule has 13 heavy (non-hydrogen) atoms. The maximum absolute atomic E-state index is 10.9. The van der Waals surface area contributed by atoms with Crippen LogP contribution in [0.4, 0.5) is 0 Å². The van der Waals surface area contributed by atoms with Crippen LogP contribution >= 0.6 is 0 Å². The number of esters is 1. The van der Waals surface area contributed by atoms with Gasteiger partial charge in [0.1, 0.15) is 0 Å². The van der Waals surface area contributed by atoms with E-state index in [2.05, 4.69) is 11.7 Å². The Morgan fingerprint density at radius 2 is 2.08 bits per heavy atom. The molecule has 76 valence electrons. The van der Waals surface area contributed by atoms with Gasteiger partial charge in [-0.3, -0.25) is 4.79 Å². The summed E-state index contributed by atoms with van der Waals surface area (Å²) in [6, 6.07) is 0. The number of carbonyl (C=O) groups is 1. The number of ether oxygens (including phenoxy) is 1. The molecule has 0 saturated heterocycles. The molecule has 2 heteroatoms. The minimum Gasteiger partial charge on any atom is -0.469 e. The van der Waals surface area contributed by atoms with Gasteiger partial charge in [0.2, 0.25) is 0 Å². The van der Waals surface area contributed by atoms with Crippen molar-refractivity contribution < 1.29 is 9.53 Å². The molecular weight excluding hydrogens is 164 g/mol. The predicted molar refractivity (Wildman–Crippen MR) is 52.4 cm³/mol. The third-order valence-corrected chi connectivity index (χ3v) is 3.21. The average Bonchev–Trinajstić information content (AvgIpc) is 2.61. The van der Waals surface area contributed by atoms with E-state index in [4.69, 9.17) is 0 Å². The number of carbonyl (C=O) groups excluding carboxylic acids is 1. The van der Waals surface area contributed by atoms with Gasteiger partial charge in [0.15, 0.2) is 0 Å². The van der Waals surface area contributed by atoms with E-state index in [0.717, 1.165) is 18.3 Å². The van der Waals surface area contributed by atoms with Gasteiger partial charge in [0, 0.05) is 6.42 Å². The van der Waals surface area contributed by atoms with Gasteiger partial charge in [-0.15, -0.1) is 0 Å². The van der Waals surface area contributed by atoms with Crippen LogP contribution in [0.2, 0.25) is 0 Å². The molecule has 1 aliphatic rings. The molecule has 0 amide bonds. The second-order valence-corrected chi connectivity index (χ2v) is 4.07. The normalized spacial score (nSPS) is 27.5. The monoisotopic (exact) mass is 184 g/mol. The van der Waals surface area contributed by atoms with Crippen molar-refractivity contribution in [3.63, 3.8) is 0 Å². The lowest BCUT2D eigenvalue weighted by Crippen LogP contribution is -2.04. The van der Waals surface area contributed by atoms with Crippen LogP contribution in [0.25, 0.3) is 0 Å². The van der Waals surface area contributed by atoms with Crippen molar-refractivity contribution in [2.24, 2.45) is 11.8 Å². The molecule has 0 bridgehead atoms. The Kier molecular flexibility index (Phi) is 4.26. The minimum atomic E-state index is -0.0556. The van der Waals surface area contributed by atoms with Crippen LogP contribution in [0.5, 0.6) is 0 Å². The van der Waals surface area contributed by atoms with Gasteiger partial charge in [-0.05, 0) is 24.7 Å². The van der Waals surface area contributed by atoms with E-state index in [1.807, 2.05) is 0 Å². The molecule has 2 atom stereocenters. The van der Waals surface area contributed by atoms with E-state index in [0.29, 0.717) is 6.42 Å². The fourth-order valence-electron chi connectivity index (χ4n) is 2.24. The quantitative estimate of drug-likeness (QED) is 0.628. The molecule has 2 unspecified atom stereocenters. The van der Waals surface area contributed by atoms with Crippen LogP contribution in [-0.4, -0.2) is 13.1 Å². The van der Waals surface area contributed by atoms with Gasteiger partial charge in [0.25, 0.3) is 0 Å². The summed E-state index contributed by atoms with van der Waals surface area (Å²) in [5.41, 5.74) is 0. The molecule has 0 spiro atoms. The van der Waals surface area contributed by atoms with Gasteiger partial charge in [-0.2, -0.15) is 0 Å². The Balaban J connectivity index is 2.13. The Labute approximate surface area is 80.7 Å². The largest absolute Gasteiger partial charge is 0.469 e. The van der Waals surface area contributed by atoms with E-state index in [1.54, 1.807) is 0 Å². The molecule has 0 radical (unpaired) electrons. The molecule has 0 aromatic rings. The highest BCUT2D eigenvalue weighted by atomic mass is 16.5. The lowest BCUT2D eigenvalue weighted by Gasteiger charge is -2.08. The van der Waals surface area contributed by atoms with E-state index < -0.39 is 0 Å². The number of hydrogen-bond donors (Lipinski definition) is 0. The van der Waals surface area contributed by atoms with Crippen molar-refractivity contribution in [1.29, 1.82) is 0 Å². The maximum atomic E-state index is 10.9. The molecular formula is C11H20O2. The van der Waals surface area contributed by atoms with Crippen molar-refractivity contribution >= 4 is 5.97 Å². The summed E-state index contributed by atoms with van der Waals surface area (Å²) < 4.78 is 4.62. The van der Waals surface area contributed by atoms with Crippen LogP contribution < -0.4 is 0 Å². The molecule has 1 fully saturated rings. The van der Waals surface area contributed by atoms with E-state index >= 15 is 0 Å². The van der Waals surface area contributed by atoms with E-state index in [9.17, 15) is 4.79 Å². The molecule has 0 aromatic heterocycles. The van der Waals surface area contributed by atoms with Gasteiger partial charge < -0.3 is 4.74 Å². The van der Waals surface area contributed by atoms with Crippen molar-refractivity contribution in [1.82, 2.24) is 0 Å². The first-order chi connectivity index (χ1) is 6.26. The number of methoxy groups -OCH3 is 1. The zero-order chi connectivity index (χ0) is 9.68. The second-order valence-electron chi connectivity index (χ2n) is 4.07. The first kappa shape index (κ1) is 10.6. The Morgan fingerprint density at radius 1 is 1.38 bits per heavy atom. The zero-order valence-corrected chi connectivity index (χ0v) is 8.71.